The van der Waals surface area contributed by atoms with Gasteiger partial charge in [-0.05, 0) is 50.7 Å². The number of carbonyl (C=O) groups is 1. The number of rotatable bonds is 6. The highest BCUT2D eigenvalue weighted by molar-refractivity contribution is 6.05. The van der Waals surface area contributed by atoms with Crippen molar-refractivity contribution in [3.8, 4) is 17.1 Å². The van der Waals surface area contributed by atoms with Crippen molar-refractivity contribution in [3.05, 3.63) is 36.3 Å². The van der Waals surface area contributed by atoms with Crippen molar-refractivity contribution >= 4 is 17.2 Å². The molecule has 180 valence electrons. The third-order valence-electron chi connectivity index (χ3n) is 6.63. The van der Waals surface area contributed by atoms with Gasteiger partial charge in [0.2, 0.25) is 5.88 Å². The average molecular weight is 467 g/mol. The summed E-state index contributed by atoms with van der Waals surface area (Å²) in [7, 11) is 1.56. The van der Waals surface area contributed by atoms with Crippen LogP contribution in [-0.2, 0) is 9.47 Å². The van der Waals surface area contributed by atoms with Gasteiger partial charge in [0.1, 0.15) is 11.8 Å². The third-order valence-corrected chi connectivity index (χ3v) is 6.63. The minimum absolute atomic E-state index is 0.0901. The van der Waals surface area contributed by atoms with Crippen LogP contribution in [-0.4, -0.2) is 64.1 Å². The lowest BCUT2D eigenvalue weighted by Gasteiger charge is -2.33. The van der Waals surface area contributed by atoms with Gasteiger partial charge in [0.05, 0.1) is 30.6 Å². The second-order valence-corrected chi connectivity index (χ2v) is 8.83. The lowest BCUT2D eigenvalue weighted by molar-refractivity contribution is -0.0798. The predicted molar refractivity (Wildman–Crippen MR) is 126 cm³/mol. The van der Waals surface area contributed by atoms with E-state index in [1.807, 2.05) is 6.07 Å². The molecule has 10 nitrogen and oxygen atoms in total. The number of hydrogen-bond donors (Lipinski definition) is 2. The molecule has 3 aromatic heterocycles. The van der Waals surface area contributed by atoms with E-state index in [1.54, 1.807) is 30.0 Å². The molecule has 1 amide bonds. The van der Waals surface area contributed by atoms with Gasteiger partial charge in [0.15, 0.2) is 5.82 Å². The van der Waals surface area contributed by atoms with Gasteiger partial charge in [-0.25, -0.2) is 14.5 Å². The first kappa shape index (κ1) is 22.5. The van der Waals surface area contributed by atoms with E-state index >= 15 is 0 Å². The fourth-order valence-corrected chi connectivity index (χ4v) is 4.82. The molecule has 0 aromatic carbocycles. The zero-order valence-electron chi connectivity index (χ0n) is 19.3. The number of anilines is 1. The maximum absolute atomic E-state index is 13.3. The molecule has 10 heteroatoms. The maximum Gasteiger partial charge on any atom is 0.253 e. The van der Waals surface area contributed by atoms with Crippen molar-refractivity contribution in [2.75, 3.05) is 26.1 Å². The molecule has 2 fully saturated rings. The Morgan fingerprint density at radius 1 is 1.12 bits per heavy atom. The SMILES string of the molecule is COc1cc(-c2cc(C(=O)NC3CCC(OC4CCOCC4)CC3)c3c(N)ncnn23)ccn1. The number of ether oxygens (including phenoxy) is 3. The summed E-state index contributed by atoms with van der Waals surface area (Å²) in [6.45, 7) is 1.56. The second-order valence-electron chi connectivity index (χ2n) is 8.83. The van der Waals surface area contributed by atoms with Crippen LogP contribution in [0, 0.1) is 0 Å². The normalized spacial score (nSPS) is 21.4. The van der Waals surface area contributed by atoms with Crippen LogP contribution in [0.1, 0.15) is 48.9 Å². The molecule has 0 unspecified atom stereocenters. The Hall–Kier alpha value is -3.24. The van der Waals surface area contributed by atoms with Crippen LogP contribution in [0.25, 0.3) is 16.8 Å². The summed E-state index contributed by atoms with van der Waals surface area (Å²) in [6.07, 6.45) is 9.15. The van der Waals surface area contributed by atoms with E-state index in [-0.39, 0.29) is 23.9 Å². The highest BCUT2D eigenvalue weighted by Gasteiger charge is 2.28. The van der Waals surface area contributed by atoms with Crippen LogP contribution in [0.5, 0.6) is 5.88 Å². The molecule has 4 heterocycles. The molecule has 0 bridgehead atoms. The number of nitrogens with one attached hydrogen (secondary N) is 1. The summed E-state index contributed by atoms with van der Waals surface area (Å²) in [6, 6.07) is 5.52. The Labute approximate surface area is 197 Å². The van der Waals surface area contributed by atoms with Crippen LogP contribution in [0.15, 0.2) is 30.7 Å². The number of fused-ring (bicyclic) bond motifs is 1. The maximum atomic E-state index is 13.3. The van der Waals surface area contributed by atoms with Crippen molar-refractivity contribution in [2.45, 2.75) is 56.8 Å². The predicted octanol–water partition coefficient (Wildman–Crippen LogP) is 2.62. The Morgan fingerprint density at radius 2 is 1.88 bits per heavy atom. The number of nitrogens with zero attached hydrogens (tertiary/aromatic N) is 4. The van der Waals surface area contributed by atoms with E-state index in [2.05, 4.69) is 20.4 Å². The molecule has 1 saturated heterocycles. The Morgan fingerprint density at radius 3 is 2.65 bits per heavy atom. The fourth-order valence-electron chi connectivity index (χ4n) is 4.82. The number of amides is 1. The van der Waals surface area contributed by atoms with E-state index in [0.29, 0.717) is 28.8 Å². The van der Waals surface area contributed by atoms with E-state index in [0.717, 1.165) is 57.3 Å². The van der Waals surface area contributed by atoms with Crippen LogP contribution >= 0.6 is 0 Å². The standard InChI is InChI=1S/C24H30N6O4/c1-32-21-12-15(6-9-26-21)20-13-19(22-23(25)27-14-28-30(20)22)24(31)29-16-2-4-17(5-3-16)34-18-7-10-33-11-8-18/h6,9,12-14,16-18H,2-5,7-8,10-11H2,1H3,(H,29,31)(H2,25,27,28). The summed E-state index contributed by atoms with van der Waals surface area (Å²) < 4.78 is 18.6. The van der Waals surface area contributed by atoms with E-state index in [9.17, 15) is 4.79 Å². The van der Waals surface area contributed by atoms with Gasteiger partial charge in [-0.2, -0.15) is 5.10 Å². The molecule has 2 aliphatic rings. The highest BCUT2D eigenvalue weighted by Crippen LogP contribution is 2.30. The van der Waals surface area contributed by atoms with Crippen LogP contribution in [0.2, 0.25) is 0 Å². The second kappa shape index (κ2) is 9.94. The number of aromatic nitrogens is 4. The van der Waals surface area contributed by atoms with Crippen molar-refractivity contribution < 1.29 is 19.0 Å². The molecule has 3 aromatic rings. The minimum Gasteiger partial charge on any atom is -0.481 e. The number of pyridine rings is 1. The Kier molecular flexibility index (Phi) is 6.59. The van der Waals surface area contributed by atoms with E-state index < -0.39 is 0 Å². The van der Waals surface area contributed by atoms with Crippen LogP contribution < -0.4 is 15.8 Å². The number of nitrogens with two attached hydrogens (primary N) is 1. The highest BCUT2D eigenvalue weighted by atomic mass is 16.5. The quantitative estimate of drug-likeness (QED) is 0.568. The smallest absolute Gasteiger partial charge is 0.253 e. The van der Waals surface area contributed by atoms with Crippen LogP contribution in [0.4, 0.5) is 5.82 Å². The van der Waals surface area contributed by atoms with Gasteiger partial charge in [-0.1, -0.05) is 0 Å². The largest absolute Gasteiger partial charge is 0.481 e. The fraction of sp³-hybridized carbons (Fsp3) is 0.500. The van der Waals surface area contributed by atoms with Gasteiger partial charge in [0, 0.05) is 37.1 Å². The molecule has 0 radical (unpaired) electrons. The lowest BCUT2D eigenvalue weighted by Crippen LogP contribution is -2.40. The van der Waals surface area contributed by atoms with Crippen molar-refractivity contribution in [1.82, 2.24) is 24.9 Å². The average Bonchev–Trinajstić information content (AvgIpc) is 3.27. The number of carbonyl (C=O) groups excluding carboxylic acids is 1. The van der Waals surface area contributed by atoms with Gasteiger partial charge in [0.25, 0.3) is 5.91 Å². The van der Waals surface area contributed by atoms with Gasteiger partial charge in [-0.3, -0.25) is 4.79 Å². The molecule has 5 rings (SSSR count). The zero-order valence-corrected chi connectivity index (χ0v) is 19.3. The molecule has 1 aliphatic heterocycles. The summed E-state index contributed by atoms with van der Waals surface area (Å²) in [5, 5.41) is 7.54. The number of methoxy groups -OCH3 is 1. The number of nitrogen functional groups attached to an aromatic ring is 1. The molecular weight excluding hydrogens is 436 g/mol. The van der Waals surface area contributed by atoms with E-state index in [4.69, 9.17) is 19.9 Å². The summed E-state index contributed by atoms with van der Waals surface area (Å²) in [5.41, 5.74) is 8.63. The molecule has 34 heavy (non-hydrogen) atoms. The summed E-state index contributed by atoms with van der Waals surface area (Å²) in [4.78, 5) is 21.6. The van der Waals surface area contributed by atoms with Gasteiger partial charge < -0.3 is 25.3 Å². The summed E-state index contributed by atoms with van der Waals surface area (Å²) in [5.74, 6) is 0.543. The van der Waals surface area contributed by atoms with Crippen molar-refractivity contribution in [3.63, 3.8) is 0 Å². The Bertz CT molecular complexity index is 1150. The van der Waals surface area contributed by atoms with E-state index in [1.165, 1.54) is 6.33 Å². The monoisotopic (exact) mass is 466 g/mol. The van der Waals surface area contributed by atoms with Gasteiger partial charge >= 0.3 is 0 Å². The summed E-state index contributed by atoms with van der Waals surface area (Å²) >= 11 is 0. The first-order valence-corrected chi connectivity index (χ1v) is 11.8. The van der Waals surface area contributed by atoms with Crippen molar-refractivity contribution in [2.24, 2.45) is 0 Å². The zero-order chi connectivity index (χ0) is 23.5. The third kappa shape index (κ3) is 4.69. The minimum atomic E-state index is -0.180. The first-order chi connectivity index (χ1) is 16.6. The van der Waals surface area contributed by atoms with Gasteiger partial charge in [-0.15, -0.1) is 0 Å². The molecule has 0 spiro atoms. The molecule has 1 aliphatic carbocycles. The first-order valence-electron chi connectivity index (χ1n) is 11.8. The molecule has 3 N–H and O–H groups in total. The lowest BCUT2D eigenvalue weighted by atomic mass is 9.92. The molecular formula is C24H30N6O4. The Balaban J connectivity index is 1.31. The number of hydrogen-bond acceptors (Lipinski definition) is 8. The topological polar surface area (TPSA) is 126 Å². The molecule has 0 atom stereocenters. The van der Waals surface area contributed by atoms with Crippen LogP contribution in [0.3, 0.4) is 0 Å². The molecule has 1 saturated carbocycles. The van der Waals surface area contributed by atoms with Crippen molar-refractivity contribution in [1.29, 1.82) is 0 Å².